The first kappa shape index (κ1) is 21.8. The molecule has 7 heteroatoms. The SMILES string of the molecule is CC(C)c1ccc(NC(=O)CSc2nc3ccccc3c(=O)n2-c2ccc(F)cc2)cc1. The highest BCUT2D eigenvalue weighted by atomic mass is 32.2. The first-order valence-corrected chi connectivity index (χ1v) is 11.2. The minimum absolute atomic E-state index is 0.0674. The number of anilines is 1. The van der Waals surface area contributed by atoms with Crippen LogP contribution in [0, 0.1) is 5.82 Å². The summed E-state index contributed by atoms with van der Waals surface area (Å²) in [6, 6.07) is 20.4. The van der Waals surface area contributed by atoms with E-state index in [4.69, 9.17) is 0 Å². The Balaban J connectivity index is 1.60. The monoisotopic (exact) mass is 447 g/mol. The Morgan fingerprint density at radius 1 is 1.03 bits per heavy atom. The van der Waals surface area contributed by atoms with Crippen LogP contribution in [-0.4, -0.2) is 21.2 Å². The second-order valence-corrected chi connectivity index (χ2v) is 8.58. The number of fused-ring (bicyclic) bond motifs is 1. The van der Waals surface area contributed by atoms with Crippen LogP contribution in [-0.2, 0) is 4.79 Å². The highest BCUT2D eigenvalue weighted by molar-refractivity contribution is 7.99. The molecular weight excluding hydrogens is 425 g/mol. The summed E-state index contributed by atoms with van der Waals surface area (Å²) in [5, 5.41) is 3.69. The van der Waals surface area contributed by atoms with Crippen molar-refractivity contribution < 1.29 is 9.18 Å². The molecular formula is C25H22FN3O2S. The quantitative estimate of drug-likeness (QED) is 0.318. The summed E-state index contributed by atoms with van der Waals surface area (Å²) in [6.07, 6.45) is 0. The van der Waals surface area contributed by atoms with Crippen molar-refractivity contribution in [3.8, 4) is 5.69 Å². The Morgan fingerprint density at radius 2 is 1.72 bits per heavy atom. The molecule has 1 heterocycles. The van der Waals surface area contributed by atoms with E-state index in [1.807, 2.05) is 24.3 Å². The molecule has 3 aromatic carbocycles. The number of hydrogen-bond donors (Lipinski definition) is 1. The van der Waals surface area contributed by atoms with Crippen LogP contribution in [0.1, 0.15) is 25.3 Å². The van der Waals surface area contributed by atoms with Gasteiger partial charge in [0, 0.05) is 5.69 Å². The van der Waals surface area contributed by atoms with Crippen LogP contribution in [0.2, 0.25) is 0 Å². The zero-order valence-electron chi connectivity index (χ0n) is 17.7. The van der Waals surface area contributed by atoms with Crippen molar-refractivity contribution in [3.63, 3.8) is 0 Å². The van der Waals surface area contributed by atoms with Gasteiger partial charge in [0.25, 0.3) is 5.56 Å². The van der Waals surface area contributed by atoms with Crippen molar-refractivity contribution in [2.24, 2.45) is 0 Å². The van der Waals surface area contributed by atoms with Crippen molar-refractivity contribution in [2.45, 2.75) is 24.9 Å². The van der Waals surface area contributed by atoms with Gasteiger partial charge >= 0.3 is 0 Å². The molecule has 4 rings (SSSR count). The topological polar surface area (TPSA) is 64.0 Å². The van der Waals surface area contributed by atoms with Crippen LogP contribution in [0.5, 0.6) is 0 Å². The number of carbonyl (C=O) groups is 1. The third-order valence-corrected chi connectivity index (χ3v) is 5.96. The fraction of sp³-hybridized carbons (Fsp3) is 0.160. The zero-order chi connectivity index (χ0) is 22.7. The maximum atomic E-state index is 13.4. The van der Waals surface area contributed by atoms with Crippen molar-refractivity contribution in [1.29, 1.82) is 0 Å². The second kappa shape index (κ2) is 9.36. The molecule has 0 atom stereocenters. The molecule has 4 aromatic rings. The number of halogens is 1. The summed E-state index contributed by atoms with van der Waals surface area (Å²) < 4.78 is 14.8. The number of nitrogens with zero attached hydrogens (tertiary/aromatic N) is 2. The third kappa shape index (κ3) is 4.73. The number of para-hydroxylation sites is 1. The van der Waals surface area contributed by atoms with Gasteiger partial charge in [0.1, 0.15) is 5.82 Å². The minimum atomic E-state index is -0.396. The number of amides is 1. The molecule has 32 heavy (non-hydrogen) atoms. The number of benzene rings is 3. The number of aromatic nitrogens is 2. The lowest BCUT2D eigenvalue weighted by molar-refractivity contribution is -0.113. The molecule has 162 valence electrons. The van der Waals surface area contributed by atoms with E-state index >= 15 is 0 Å². The lowest BCUT2D eigenvalue weighted by atomic mass is 10.0. The Morgan fingerprint density at radius 3 is 2.41 bits per heavy atom. The lowest BCUT2D eigenvalue weighted by Gasteiger charge is -2.13. The molecule has 0 spiro atoms. The van der Waals surface area contributed by atoms with E-state index in [2.05, 4.69) is 24.1 Å². The van der Waals surface area contributed by atoms with Crippen LogP contribution in [0.25, 0.3) is 16.6 Å². The largest absolute Gasteiger partial charge is 0.325 e. The molecule has 0 bridgehead atoms. The Kier molecular flexibility index (Phi) is 6.37. The molecule has 1 aromatic heterocycles. The molecule has 1 N–H and O–H groups in total. The van der Waals surface area contributed by atoms with Crippen molar-refractivity contribution >= 4 is 34.3 Å². The van der Waals surface area contributed by atoms with E-state index < -0.39 is 5.82 Å². The average molecular weight is 448 g/mol. The van der Waals surface area contributed by atoms with Crippen molar-refractivity contribution in [1.82, 2.24) is 9.55 Å². The van der Waals surface area contributed by atoms with E-state index in [0.29, 0.717) is 33.4 Å². The fourth-order valence-electron chi connectivity index (χ4n) is 3.31. The molecule has 0 saturated carbocycles. The Bertz CT molecular complexity index is 1320. The number of thioether (sulfide) groups is 1. The van der Waals surface area contributed by atoms with Gasteiger partial charge in [-0.15, -0.1) is 0 Å². The predicted octanol–water partition coefficient (Wildman–Crippen LogP) is 5.38. The fourth-order valence-corrected chi connectivity index (χ4v) is 4.12. The van der Waals surface area contributed by atoms with Crippen molar-refractivity contribution in [3.05, 3.63) is 94.5 Å². The average Bonchev–Trinajstić information content (AvgIpc) is 2.79. The van der Waals surface area contributed by atoms with Gasteiger partial charge in [0.05, 0.1) is 22.3 Å². The molecule has 0 saturated heterocycles. The highest BCUT2D eigenvalue weighted by Crippen LogP contribution is 2.22. The number of nitrogens with one attached hydrogen (secondary N) is 1. The van der Waals surface area contributed by atoms with Crippen LogP contribution < -0.4 is 10.9 Å². The number of rotatable bonds is 6. The van der Waals surface area contributed by atoms with Crippen molar-refractivity contribution in [2.75, 3.05) is 11.1 Å². The smallest absolute Gasteiger partial charge is 0.266 e. The van der Waals surface area contributed by atoms with Crippen LogP contribution >= 0.6 is 11.8 Å². The van der Waals surface area contributed by atoms with Gasteiger partial charge in [-0.2, -0.15) is 0 Å². The summed E-state index contributed by atoms with van der Waals surface area (Å²) in [6.45, 7) is 4.23. The van der Waals surface area contributed by atoms with Crippen LogP contribution in [0.3, 0.4) is 0 Å². The lowest BCUT2D eigenvalue weighted by Crippen LogP contribution is -2.23. The van der Waals surface area contributed by atoms with Gasteiger partial charge in [0.2, 0.25) is 5.91 Å². The van der Waals surface area contributed by atoms with Gasteiger partial charge in [-0.25, -0.2) is 9.37 Å². The van der Waals surface area contributed by atoms with Gasteiger partial charge in [-0.3, -0.25) is 14.2 Å². The summed E-state index contributed by atoms with van der Waals surface area (Å²) in [7, 11) is 0. The van der Waals surface area contributed by atoms with Gasteiger partial charge < -0.3 is 5.32 Å². The molecule has 0 aliphatic rings. The molecule has 0 fully saturated rings. The summed E-state index contributed by atoms with van der Waals surface area (Å²) in [5.41, 5.74) is 2.67. The van der Waals surface area contributed by atoms with Gasteiger partial charge in [-0.1, -0.05) is 49.9 Å². The third-order valence-electron chi connectivity index (χ3n) is 5.02. The normalized spacial score (nSPS) is 11.1. The van der Waals surface area contributed by atoms with Crippen LogP contribution in [0.4, 0.5) is 10.1 Å². The number of hydrogen-bond acceptors (Lipinski definition) is 4. The molecule has 0 aliphatic heterocycles. The summed E-state index contributed by atoms with van der Waals surface area (Å²) in [4.78, 5) is 30.3. The van der Waals surface area contributed by atoms with E-state index in [9.17, 15) is 14.0 Å². The van der Waals surface area contributed by atoms with Gasteiger partial charge in [0.15, 0.2) is 5.16 Å². The van der Waals surface area contributed by atoms with E-state index in [0.717, 1.165) is 11.8 Å². The summed E-state index contributed by atoms with van der Waals surface area (Å²) in [5.74, 6) is -0.122. The second-order valence-electron chi connectivity index (χ2n) is 7.64. The number of carbonyl (C=O) groups excluding carboxylic acids is 1. The molecule has 1 amide bonds. The molecule has 0 unspecified atom stereocenters. The highest BCUT2D eigenvalue weighted by Gasteiger charge is 2.15. The maximum Gasteiger partial charge on any atom is 0.266 e. The standard InChI is InChI=1S/C25H22FN3O2S/c1-16(2)17-7-11-19(12-8-17)27-23(30)15-32-25-28-22-6-4-3-5-21(22)24(31)29(25)20-13-9-18(26)10-14-20/h3-14,16H,15H2,1-2H3,(H,27,30). The predicted molar refractivity (Wildman–Crippen MR) is 127 cm³/mol. The first-order valence-electron chi connectivity index (χ1n) is 10.2. The minimum Gasteiger partial charge on any atom is -0.325 e. The van der Waals surface area contributed by atoms with Crippen LogP contribution in [0.15, 0.2) is 82.7 Å². The van der Waals surface area contributed by atoms with E-state index in [1.54, 1.807) is 24.3 Å². The zero-order valence-corrected chi connectivity index (χ0v) is 18.5. The summed E-state index contributed by atoms with van der Waals surface area (Å²) >= 11 is 1.16. The Labute approximate surface area is 189 Å². The maximum absolute atomic E-state index is 13.4. The van der Waals surface area contributed by atoms with E-state index in [1.165, 1.54) is 34.4 Å². The molecule has 0 radical (unpaired) electrons. The first-order chi connectivity index (χ1) is 15.4. The van der Waals surface area contributed by atoms with Gasteiger partial charge in [-0.05, 0) is 60.0 Å². The Hall–Kier alpha value is -3.45. The molecule has 0 aliphatic carbocycles. The molecule has 5 nitrogen and oxygen atoms in total. The van der Waals surface area contributed by atoms with E-state index in [-0.39, 0.29) is 17.2 Å².